The first-order chi connectivity index (χ1) is 11.6. The fraction of sp³-hybridized carbons (Fsp3) is 0.682. The molecular weight excluding hydrogens is 348 g/mol. The summed E-state index contributed by atoms with van der Waals surface area (Å²) in [7, 11) is -3.12. The molecule has 1 aromatic rings. The first-order valence-electron chi connectivity index (χ1n) is 10.2. The van der Waals surface area contributed by atoms with Gasteiger partial charge in [0.15, 0.2) is 8.24 Å². The molecule has 0 aliphatic carbocycles. The zero-order chi connectivity index (χ0) is 20.4. The molecule has 0 aliphatic heterocycles. The normalized spacial score (nSPS) is 13.9. The van der Waals surface area contributed by atoms with Gasteiger partial charge in [0.1, 0.15) is 14.1 Å². The van der Waals surface area contributed by atoms with Gasteiger partial charge in [-0.1, -0.05) is 73.3 Å². The number of nitrogens with one attached hydrogen (secondary N) is 1. The molecule has 1 rings (SSSR count). The van der Waals surface area contributed by atoms with E-state index < -0.39 is 16.5 Å². The van der Waals surface area contributed by atoms with E-state index in [-0.39, 0.29) is 0 Å². The molecule has 1 aromatic carbocycles. The lowest BCUT2D eigenvalue weighted by molar-refractivity contribution is 0.799. The number of rotatable bonds is 6. The van der Waals surface area contributed by atoms with Gasteiger partial charge in [0.25, 0.3) is 0 Å². The van der Waals surface area contributed by atoms with Gasteiger partial charge in [-0.15, -0.1) is 0 Å². The Bertz CT molecular complexity index is 616. The minimum Gasteiger partial charge on any atom is -0.396 e. The van der Waals surface area contributed by atoms with Crippen molar-refractivity contribution in [1.82, 2.24) is 4.98 Å². The molecular formula is C22H42N2Si2. The van der Waals surface area contributed by atoms with Gasteiger partial charge in [-0.25, -0.2) is 0 Å². The van der Waals surface area contributed by atoms with Crippen LogP contribution in [0.15, 0.2) is 16.8 Å². The molecule has 0 aromatic heterocycles. The quantitative estimate of drug-likeness (QED) is 0.314. The van der Waals surface area contributed by atoms with Crippen LogP contribution in [0.1, 0.15) is 81.5 Å². The molecule has 0 fully saturated rings. The van der Waals surface area contributed by atoms with Gasteiger partial charge in [0.2, 0.25) is 0 Å². The molecule has 148 valence electrons. The Kier molecular flexibility index (Phi) is 7.51. The third-order valence-electron chi connectivity index (χ3n) is 4.31. The lowest BCUT2D eigenvalue weighted by Gasteiger charge is -2.29. The predicted molar refractivity (Wildman–Crippen MR) is 125 cm³/mol. The van der Waals surface area contributed by atoms with E-state index in [1.54, 1.807) is 0 Å². The van der Waals surface area contributed by atoms with Crippen molar-refractivity contribution in [2.24, 2.45) is 4.66 Å². The maximum atomic E-state index is 5.30. The van der Waals surface area contributed by atoms with E-state index in [1.807, 2.05) is 0 Å². The molecule has 0 amide bonds. The van der Waals surface area contributed by atoms with E-state index in [0.29, 0.717) is 17.8 Å². The van der Waals surface area contributed by atoms with Crippen molar-refractivity contribution >= 4 is 22.3 Å². The zero-order valence-corrected chi connectivity index (χ0v) is 21.3. The maximum absolute atomic E-state index is 5.30. The molecule has 0 aliphatic rings. The highest BCUT2D eigenvalue weighted by Gasteiger charge is 2.26. The largest absolute Gasteiger partial charge is 0.396 e. The van der Waals surface area contributed by atoms with Crippen molar-refractivity contribution in [3.8, 4) is 0 Å². The standard InChI is InChI=1S/C22H42N2Si2/c1-15(2)18-13-19(16(3)4)21(20(14-18)17(5)6)22(23-25(7,8)9)24-26(10,11)12/h13-17H,1-12H3,(H,23,24). The molecule has 1 N–H and O–H groups in total. The molecule has 0 heterocycles. The van der Waals surface area contributed by atoms with Crippen molar-refractivity contribution in [2.75, 3.05) is 0 Å². The Morgan fingerprint density at radius 2 is 1.19 bits per heavy atom. The van der Waals surface area contributed by atoms with Gasteiger partial charge in [-0.3, -0.25) is 0 Å². The Morgan fingerprint density at radius 1 is 0.769 bits per heavy atom. The monoisotopic (exact) mass is 390 g/mol. The van der Waals surface area contributed by atoms with Crippen molar-refractivity contribution < 1.29 is 0 Å². The van der Waals surface area contributed by atoms with Crippen LogP contribution in [-0.4, -0.2) is 22.3 Å². The van der Waals surface area contributed by atoms with Crippen LogP contribution in [0.4, 0.5) is 0 Å². The summed E-state index contributed by atoms with van der Waals surface area (Å²) in [6, 6.07) is 4.87. The third-order valence-corrected chi connectivity index (χ3v) is 6.19. The van der Waals surface area contributed by atoms with Gasteiger partial charge >= 0.3 is 0 Å². The second kappa shape index (κ2) is 8.43. The molecule has 0 bridgehead atoms. The van der Waals surface area contributed by atoms with Crippen molar-refractivity contribution in [3.05, 3.63) is 34.4 Å². The van der Waals surface area contributed by atoms with Crippen LogP contribution in [0.5, 0.6) is 0 Å². The molecule has 4 heteroatoms. The summed E-state index contributed by atoms with van der Waals surface area (Å²) in [6.45, 7) is 27.9. The molecule has 26 heavy (non-hydrogen) atoms. The van der Waals surface area contributed by atoms with Crippen LogP contribution >= 0.6 is 0 Å². The van der Waals surface area contributed by atoms with Crippen LogP contribution in [0.25, 0.3) is 0 Å². The van der Waals surface area contributed by atoms with E-state index in [0.717, 1.165) is 5.84 Å². The van der Waals surface area contributed by atoms with Crippen molar-refractivity contribution in [1.29, 1.82) is 0 Å². The summed E-state index contributed by atoms with van der Waals surface area (Å²) >= 11 is 0. The Labute approximate surface area is 165 Å². The minimum atomic E-state index is -1.61. The molecule has 0 saturated heterocycles. The second-order valence-corrected chi connectivity index (χ2v) is 19.9. The van der Waals surface area contributed by atoms with E-state index in [2.05, 4.69) is 97.9 Å². The summed E-state index contributed by atoms with van der Waals surface area (Å²) in [5.41, 5.74) is 5.72. The fourth-order valence-electron chi connectivity index (χ4n) is 3.07. The molecule has 0 spiro atoms. The van der Waals surface area contributed by atoms with E-state index in [1.165, 1.54) is 22.3 Å². The summed E-state index contributed by atoms with van der Waals surface area (Å²) in [4.78, 5) is 3.89. The summed E-state index contributed by atoms with van der Waals surface area (Å²) in [6.07, 6.45) is 0. The van der Waals surface area contributed by atoms with Gasteiger partial charge in [-0.05, 0) is 54.1 Å². The summed E-state index contributed by atoms with van der Waals surface area (Å²) in [5, 5.41) is 0. The number of hydrogen-bond acceptors (Lipinski definition) is 1. The van der Waals surface area contributed by atoms with Crippen molar-refractivity contribution in [3.63, 3.8) is 0 Å². The SMILES string of the molecule is CC(C)c1cc(C(C)C)c(/C(=N/[Si](C)(C)C)N[Si](C)(C)C)c(C(C)C)c1. The predicted octanol–water partition coefficient (Wildman–Crippen LogP) is 7.06. The number of hydrogen-bond donors (Lipinski definition) is 1. The van der Waals surface area contributed by atoms with E-state index in [4.69, 9.17) is 4.66 Å². The molecule has 0 atom stereocenters. The van der Waals surface area contributed by atoms with Gasteiger partial charge < -0.3 is 9.64 Å². The highest BCUT2D eigenvalue weighted by atomic mass is 28.3. The van der Waals surface area contributed by atoms with Gasteiger partial charge in [0, 0.05) is 5.56 Å². The third kappa shape index (κ3) is 6.69. The molecule has 0 saturated carbocycles. The van der Waals surface area contributed by atoms with Crippen LogP contribution in [0.3, 0.4) is 0 Å². The van der Waals surface area contributed by atoms with Crippen LogP contribution in [-0.2, 0) is 0 Å². The molecule has 0 unspecified atom stereocenters. The molecule has 0 radical (unpaired) electrons. The highest BCUT2D eigenvalue weighted by Crippen LogP contribution is 2.33. The van der Waals surface area contributed by atoms with Crippen LogP contribution < -0.4 is 4.98 Å². The van der Waals surface area contributed by atoms with E-state index in [9.17, 15) is 0 Å². The van der Waals surface area contributed by atoms with Crippen LogP contribution in [0.2, 0.25) is 39.3 Å². The first-order valence-corrected chi connectivity index (χ1v) is 17.1. The van der Waals surface area contributed by atoms with Gasteiger partial charge in [0.05, 0.1) is 0 Å². The maximum Gasteiger partial charge on any atom is 0.175 e. The lowest BCUT2D eigenvalue weighted by atomic mass is 9.84. The van der Waals surface area contributed by atoms with Crippen molar-refractivity contribution in [2.45, 2.75) is 98.6 Å². The Hall–Kier alpha value is -0.876. The summed E-state index contributed by atoms with van der Waals surface area (Å²) in [5.74, 6) is 2.67. The second-order valence-electron chi connectivity index (χ2n) is 10.5. The average Bonchev–Trinajstić information content (AvgIpc) is 2.41. The van der Waals surface area contributed by atoms with E-state index >= 15 is 0 Å². The number of nitrogens with zero attached hydrogens (tertiary/aromatic N) is 1. The Balaban J connectivity index is 3.86. The topological polar surface area (TPSA) is 24.4 Å². The summed E-state index contributed by atoms with van der Waals surface area (Å²) < 4.78 is 5.30. The van der Waals surface area contributed by atoms with Gasteiger partial charge in [-0.2, -0.15) is 0 Å². The first kappa shape index (κ1) is 23.2. The average molecular weight is 391 g/mol. The molecule has 2 nitrogen and oxygen atoms in total. The fourth-order valence-corrected chi connectivity index (χ4v) is 4.91. The minimum absolute atomic E-state index is 0.483. The number of benzene rings is 1. The Morgan fingerprint density at radius 3 is 1.46 bits per heavy atom. The number of amidine groups is 1. The zero-order valence-electron chi connectivity index (χ0n) is 19.3. The lowest BCUT2D eigenvalue weighted by Crippen LogP contribution is -2.47. The smallest absolute Gasteiger partial charge is 0.175 e. The highest BCUT2D eigenvalue weighted by molar-refractivity contribution is 6.78. The van der Waals surface area contributed by atoms with Crippen LogP contribution in [0, 0.1) is 0 Å².